The maximum absolute atomic E-state index is 14.1. The number of carbonyl (C=O) groups excluding carboxylic acids is 3. The Labute approximate surface area is 141 Å². The molecule has 3 rings (SSSR count). The van der Waals surface area contributed by atoms with Crippen molar-refractivity contribution in [2.45, 2.75) is 25.1 Å². The van der Waals surface area contributed by atoms with E-state index in [4.69, 9.17) is 9.39 Å². The van der Waals surface area contributed by atoms with Gasteiger partial charge in [0.15, 0.2) is 6.61 Å². The van der Waals surface area contributed by atoms with Gasteiger partial charge in [0.05, 0.1) is 0 Å². The summed E-state index contributed by atoms with van der Waals surface area (Å²) >= 11 is 0. The average Bonchev–Trinajstić information content (AvgIpc) is 3.34. The van der Waals surface area contributed by atoms with Gasteiger partial charge in [-0.1, -0.05) is 6.07 Å². The van der Waals surface area contributed by atoms with E-state index >= 15 is 0 Å². The fourth-order valence-electron chi connectivity index (χ4n) is 2.70. The lowest BCUT2D eigenvalue weighted by atomic mass is 9.77. The Morgan fingerprint density at radius 2 is 2.08 bits per heavy atom. The molecule has 1 N–H and O–H groups in total. The summed E-state index contributed by atoms with van der Waals surface area (Å²) in [5.74, 6) is -3.65. The SMILES string of the molecule is CC(=O)OCC(=O)OCOC(=O)c1c(F)ccc2c1OB(O)C1CC21. The number of halogens is 1. The third-order valence-corrected chi connectivity index (χ3v) is 3.99. The fourth-order valence-corrected chi connectivity index (χ4v) is 2.70. The first kappa shape index (κ1) is 17.2. The molecule has 1 aliphatic carbocycles. The van der Waals surface area contributed by atoms with Crippen LogP contribution in [0.3, 0.4) is 0 Å². The molecule has 0 amide bonds. The minimum atomic E-state index is -1.10. The third-order valence-electron chi connectivity index (χ3n) is 3.99. The highest BCUT2D eigenvalue weighted by molar-refractivity contribution is 6.48. The highest BCUT2D eigenvalue weighted by Gasteiger charge is 2.54. The van der Waals surface area contributed by atoms with E-state index < -0.39 is 49.8 Å². The van der Waals surface area contributed by atoms with Crippen LogP contribution in [0.5, 0.6) is 5.75 Å². The molecular weight excluding hydrogens is 338 g/mol. The Kier molecular flexibility index (Phi) is 4.62. The van der Waals surface area contributed by atoms with Crippen LogP contribution in [0.4, 0.5) is 4.39 Å². The van der Waals surface area contributed by atoms with Crippen molar-refractivity contribution in [3.8, 4) is 5.75 Å². The average molecular weight is 352 g/mol. The Balaban J connectivity index is 1.64. The highest BCUT2D eigenvalue weighted by atomic mass is 19.1. The second-order valence-corrected chi connectivity index (χ2v) is 5.70. The predicted octanol–water partition coefficient (Wildman–Crippen LogP) is 0.777. The van der Waals surface area contributed by atoms with Gasteiger partial charge in [0.25, 0.3) is 0 Å². The van der Waals surface area contributed by atoms with E-state index in [2.05, 4.69) is 9.47 Å². The van der Waals surface area contributed by atoms with Gasteiger partial charge in [-0.25, -0.2) is 14.0 Å². The predicted molar refractivity (Wildman–Crippen MR) is 79.1 cm³/mol. The van der Waals surface area contributed by atoms with Gasteiger partial charge in [0.1, 0.15) is 17.1 Å². The van der Waals surface area contributed by atoms with Crippen LogP contribution in [0.1, 0.15) is 35.2 Å². The van der Waals surface area contributed by atoms with E-state index in [0.29, 0.717) is 12.0 Å². The van der Waals surface area contributed by atoms with Crippen molar-refractivity contribution < 1.29 is 42.7 Å². The van der Waals surface area contributed by atoms with Crippen LogP contribution in [0.15, 0.2) is 12.1 Å². The summed E-state index contributed by atoms with van der Waals surface area (Å²) in [6.07, 6.45) is 0.696. The van der Waals surface area contributed by atoms with Gasteiger partial charge >= 0.3 is 25.0 Å². The molecule has 1 saturated carbocycles. The molecule has 8 nitrogen and oxygen atoms in total. The second-order valence-electron chi connectivity index (χ2n) is 5.70. The van der Waals surface area contributed by atoms with Crippen molar-refractivity contribution in [1.29, 1.82) is 0 Å². The molecule has 10 heteroatoms. The van der Waals surface area contributed by atoms with E-state index in [-0.39, 0.29) is 17.5 Å². The summed E-state index contributed by atoms with van der Waals surface area (Å²) in [6.45, 7) is -0.287. The number of esters is 3. The molecule has 1 aromatic carbocycles. The van der Waals surface area contributed by atoms with Gasteiger partial charge in [0.2, 0.25) is 6.79 Å². The van der Waals surface area contributed by atoms with Crippen LogP contribution in [0, 0.1) is 5.82 Å². The summed E-state index contributed by atoms with van der Waals surface area (Å²) in [4.78, 5) is 33.9. The normalized spacial score (nSPS) is 19.9. The van der Waals surface area contributed by atoms with Crippen molar-refractivity contribution in [3.05, 3.63) is 29.1 Å². The van der Waals surface area contributed by atoms with E-state index in [1.807, 2.05) is 0 Å². The summed E-state index contributed by atoms with van der Waals surface area (Å²) in [5, 5.41) is 9.81. The molecule has 0 saturated heterocycles. The number of fused-ring (bicyclic) bond motifs is 3. The molecule has 2 atom stereocenters. The number of hydrogen-bond acceptors (Lipinski definition) is 8. The molecule has 1 fully saturated rings. The number of hydrogen-bond donors (Lipinski definition) is 1. The lowest BCUT2D eigenvalue weighted by molar-refractivity contribution is -0.163. The number of carbonyl (C=O) groups is 3. The molecule has 1 heterocycles. The standard InChI is InChI=1S/C15H14BFO8/c1-7(18)22-5-12(19)23-6-24-15(20)13-11(17)3-2-8-9-4-10(9)16(21)25-14(8)13/h2-3,9-10,21H,4-6H2,1H3. The second kappa shape index (κ2) is 6.71. The maximum Gasteiger partial charge on any atom is 0.526 e. The monoisotopic (exact) mass is 352 g/mol. The Bertz CT molecular complexity index is 736. The van der Waals surface area contributed by atoms with Crippen molar-refractivity contribution in [2.75, 3.05) is 13.4 Å². The van der Waals surface area contributed by atoms with Crippen LogP contribution < -0.4 is 4.65 Å². The fraction of sp³-hybridized carbons (Fsp3) is 0.400. The van der Waals surface area contributed by atoms with Crippen LogP contribution in [0.25, 0.3) is 0 Å². The molecule has 1 aliphatic heterocycles. The summed E-state index contributed by atoms with van der Waals surface area (Å²) < 4.78 is 33.0. The van der Waals surface area contributed by atoms with Crippen LogP contribution >= 0.6 is 0 Å². The van der Waals surface area contributed by atoms with Gasteiger partial charge in [-0.3, -0.25) is 4.79 Å². The van der Waals surface area contributed by atoms with Crippen molar-refractivity contribution in [1.82, 2.24) is 0 Å². The quantitative estimate of drug-likeness (QED) is 0.470. The van der Waals surface area contributed by atoms with Crippen LogP contribution in [-0.2, 0) is 23.8 Å². The minimum absolute atomic E-state index is 0.0208. The zero-order chi connectivity index (χ0) is 18.1. The maximum atomic E-state index is 14.1. The summed E-state index contributed by atoms with van der Waals surface area (Å²) in [6, 6.07) is 2.63. The van der Waals surface area contributed by atoms with E-state index in [1.54, 1.807) is 0 Å². The number of ether oxygens (including phenoxy) is 3. The van der Waals surface area contributed by atoms with Crippen molar-refractivity contribution >= 4 is 25.0 Å². The van der Waals surface area contributed by atoms with E-state index in [0.717, 1.165) is 13.0 Å². The minimum Gasteiger partial charge on any atom is -0.535 e. The largest absolute Gasteiger partial charge is 0.535 e. The Morgan fingerprint density at radius 3 is 2.80 bits per heavy atom. The van der Waals surface area contributed by atoms with Gasteiger partial charge in [-0.15, -0.1) is 0 Å². The Hall–Kier alpha value is -2.62. The van der Waals surface area contributed by atoms with Gasteiger partial charge in [-0.2, -0.15) is 0 Å². The molecule has 0 aromatic heterocycles. The van der Waals surface area contributed by atoms with Crippen LogP contribution in [-0.4, -0.2) is 43.5 Å². The molecule has 0 bridgehead atoms. The first-order valence-electron chi connectivity index (χ1n) is 7.51. The van der Waals surface area contributed by atoms with Gasteiger partial charge in [-0.05, 0) is 24.0 Å². The Morgan fingerprint density at radius 1 is 1.32 bits per heavy atom. The molecule has 2 unspecified atom stereocenters. The highest BCUT2D eigenvalue weighted by Crippen LogP contribution is 2.60. The molecule has 132 valence electrons. The van der Waals surface area contributed by atoms with Crippen molar-refractivity contribution in [3.63, 3.8) is 0 Å². The zero-order valence-corrected chi connectivity index (χ0v) is 13.2. The molecule has 25 heavy (non-hydrogen) atoms. The topological polar surface area (TPSA) is 108 Å². The molecule has 1 aromatic rings. The van der Waals surface area contributed by atoms with Gasteiger partial charge < -0.3 is 23.9 Å². The zero-order valence-electron chi connectivity index (χ0n) is 13.2. The van der Waals surface area contributed by atoms with Gasteiger partial charge in [0, 0.05) is 12.7 Å². The molecule has 2 aliphatic rings. The molecule has 0 spiro atoms. The van der Waals surface area contributed by atoms with Crippen molar-refractivity contribution in [2.24, 2.45) is 0 Å². The smallest absolute Gasteiger partial charge is 0.526 e. The first-order valence-corrected chi connectivity index (χ1v) is 7.51. The molecule has 0 radical (unpaired) electrons. The van der Waals surface area contributed by atoms with Crippen LogP contribution in [0.2, 0.25) is 5.82 Å². The third kappa shape index (κ3) is 3.58. The lowest BCUT2D eigenvalue weighted by Gasteiger charge is -2.21. The summed E-state index contributed by atoms with van der Waals surface area (Å²) in [7, 11) is -1.10. The summed E-state index contributed by atoms with van der Waals surface area (Å²) in [5.41, 5.74) is 0.174. The molecular formula is C15H14BFO8. The van der Waals surface area contributed by atoms with E-state index in [1.165, 1.54) is 6.07 Å². The number of benzene rings is 1. The number of rotatable bonds is 5. The first-order chi connectivity index (χ1) is 11.9. The lowest BCUT2D eigenvalue weighted by Crippen LogP contribution is -2.28. The van der Waals surface area contributed by atoms with E-state index in [9.17, 15) is 23.8 Å².